The Balaban J connectivity index is 1.83. The Morgan fingerprint density at radius 2 is 1.80 bits per heavy atom. The highest BCUT2D eigenvalue weighted by molar-refractivity contribution is 6.45. The molecule has 82 valence electrons. The summed E-state index contributed by atoms with van der Waals surface area (Å²) in [5, 5.41) is 4.72. The number of guanidine groups is 1. The fraction of sp³-hybridized carbons (Fsp3) is 0.667. The van der Waals surface area contributed by atoms with Gasteiger partial charge in [0.1, 0.15) is 0 Å². The normalized spacial score (nSPS) is 22.5. The fourth-order valence-corrected chi connectivity index (χ4v) is 1.59. The molecule has 2 heterocycles. The van der Waals surface area contributed by atoms with Gasteiger partial charge in [0.2, 0.25) is 5.96 Å². The highest BCUT2D eigenvalue weighted by Gasteiger charge is 2.25. The van der Waals surface area contributed by atoms with E-state index in [0.717, 1.165) is 26.1 Å². The number of amides is 2. The van der Waals surface area contributed by atoms with Crippen LogP contribution in [-0.2, 0) is 14.3 Å². The minimum atomic E-state index is -0.638. The zero-order valence-corrected chi connectivity index (χ0v) is 8.28. The van der Waals surface area contributed by atoms with Gasteiger partial charge in [-0.3, -0.25) is 25.2 Å². The molecule has 0 bridgehead atoms. The standard InChI is InChI=1S/C9H13N3O3/c13-7-8(14)12-9(11-7)10-5-6-1-3-15-4-2-6/h6H,1-5H2,(H2,10,11,12,13,14). The van der Waals surface area contributed by atoms with E-state index in [0.29, 0.717) is 12.5 Å². The Hall–Kier alpha value is -1.43. The van der Waals surface area contributed by atoms with Crippen molar-refractivity contribution in [3.8, 4) is 0 Å². The van der Waals surface area contributed by atoms with Crippen molar-refractivity contribution in [3.63, 3.8) is 0 Å². The Morgan fingerprint density at radius 1 is 1.20 bits per heavy atom. The molecule has 15 heavy (non-hydrogen) atoms. The van der Waals surface area contributed by atoms with Gasteiger partial charge in [0.15, 0.2) is 0 Å². The summed E-state index contributed by atoms with van der Waals surface area (Å²) in [5.74, 6) is -0.515. The minimum Gasteiger partial charge on any atom is -0.381 e. The summed E-state index contributed by atoms with van der Waals surface area (Å²) in [5.41, 5.74) is 0. The van der Waals surface area contributed by atoms with E-state index < -0.39 is 11.8 Å². The number of carbonyl (C=O) groups excluding carboxylic acids is 2. The monoisotopic (exact) mass is 211 g/mol. The number of aliphatic imine (C=N–C) groups is 1. The fourth-order valence-electron chi connectivity index (χ4n) is 1.59. The molecule has 2 aliphatic heterocycles. The van der Waals surface area contributed by atoms with Gasteiger partial charge in [-0.05, 0) is 18.8 Å². The van der Waals surface area contributed by atoms with Gasteiger partial charge in [0, 0.05) is 19.8 Å². The van der Waals surface area contributed by atoms with Gasteiger partial charge >= 0.3 is 11.8 Å². The Kier molecular flexibility index (Phi) is 2.96. The molecule has 0 atom stereocenters. The molecule has 0 aromatic rings. The smallest absolute Gasteiger partial charge is 0.316 e. The molecule has 6 nitrogen and oxygen atoms in total. The van der Waals surface area contributed by atoms with Crippen molar-refractivity contribution in [3.05, 3.63) is 0 Å². The number of nitrogens with zero attached hydrogens (tertiary/aromatic N) is 1. The van der Waals surface area contributed by atoms with Crippen LogP contribution in [0.2, 0.25) is 0 Å². The molecular formula is C9H13N3O3. The number of ether oxygens (including phenoxy) is 1. The number of hydrogen-bond acceptors (Lipinski definition) is 4. The molecule has 2 saturated heterocycles. The third-order valence-corrected chi connectivity index (χ3v) is 2.52. The van der Waals surface area contributed by atoms with Crippen LogP contribution in [0.15, 0.2) is 4.99 Å². The first-order valence-corrected chi connectivity index (χ1v) is 5.00. The van der Waals surface area contributed by atoms with Crippen LogP contribution >= 0.6 is 0 Å². The quantitative estimate of drug-likeness (QED) is 0.576. The molecule has 2 rings (SSSR count). The van der Waals surface area contributed by atoms with Crippen LogP contribution in [0.3, 0.4) is 0 Å². The summed E-state index contributed by atoms with van der Waals surface area (Å²) < 4.78 is 5.22. The first-order chi connectivity index (χ1) is 7.25. The van der Waals surface area contributed by atoms with Gasteiger partial charge in [-0.15, -0.1) is 0 Å². The van der Waals surface area contributed by atoms with Gasteiger partial charge < -0.3 is 4.74 Å². The topological polar surface area (TPSA) is 79.8 Å². The molecule has 6 heteroatoms. The molecule has 0 spiro atoms. The molecular weight excluding hydrogens is 198 g/mol. The SMILES string of the molecule is O=C1NC(=NCC2CCOCC2)NC1=O. The average molecular weight is 211 g/mol. The number of rotatable bonds is 2. The van der Waals surface area contributed by atoms with Crippen LogP contribution in [0.25, 0.3) is 0 Å². The van der Waals surface area contributed by atoms with Crippen molar-refractivity contribution in [2.45, 2.75) is 12.8 Å². The lowest BCUT2D eigenvalue weighted by molar-refractivity contribution is -0.135. The molecule has 2 amide bonds. The van der Waals surface area contributed by atoms with E-state index in [-0.39, 0.29) is 5.96 Å². The highest BCUT2D eigenvalue weighted by atomic mass is 16.5. The summed E-state index contributed by atoms with van der Waals surface area (Å²) in [6.45, 7) is 2.17. The summed E-state index contributed by atoms with van der Waals surface area (Å²) in [6.07, 6.45) is 1.97. The first-order valence-electron chi connectivity index (χ1n) is 5.00. The summed E-state index contributed by atoms with van der Waals surface area (Å²) >= 11 is 0. The third kappa shape index (κ3) is 2.53. The Morgan fingerprint density at radius 3 is 2.40 bits per heavy atom. The molecule has 2 N–H and O–H groups in total. The van der Waals surface area contributed by atoms with Crippen molar-refractivity contribution in [1.82, 2.24) is 10.6 Å². The predicted molar refractivity (Wildman–Crippen MR) is 52.1 cm³/mol. The Bertz CT molecular complexity index is 290. The lowest BCUT2D eigenvalue weighted by Gasteiger charge is -2.19. The minimum absolute atomic E-state index is 0.275. The van der Waals surface area contributed by atoms with E-state index >= 15 is 0 Å². The van der Waals surface area contributed by atoms with Crippen molar-refractivity contribution in [1.29, 1.82) is 0 Å². The predicted octanol–water partition coefficient (Wildman–Crippen LogP) is -0.985. The molecule has 0 aromatic heterocycles. The second kappa shape index (κ2) is 4.39. The van der Waals surface area contributed by atoms with Crippen LogP contribution in [-0.4, -0.2) is 37.5 Å². The average Bonchev–Trinajstić information content (AvgIpc) is 2.57. The molecule has 0 saturated carbocycles. The van der Waals surface area contributed by atoms with Crippen molar-refractivity contribution < 1.29 is 14.3 Å². The van der Waals surface area contributed by atoms with Gasteiger partial charge in [-0.2, -0.15) is 0 Å². The first kappa shape index (κ1) is 10.1. The van der Waals surface area contributed by atoms with Crippen LogP contribution < -0.4 is 10.6 Å². The largest absolute Gasteiger partial charge is 0.381 e. The lowest BCUT2D eigenvalue weighted by Crippen LogP contribution is -2.27. The molecule has 0 unspecified atom stereocenters. The van der Waals surface area contributed by atoms with E-state index in [9.17, 15) is 9.59 Å². The van der Waals surface area contributed by atoms with Crippen LogP contribution in [0.1, 0.15) is 12.8 Å². The van der Waals surface area contributed by atoms with Gasteiger partial charge in [0.05, 0.1) is 0 Å². The maximum atomic E-state index is 10.8. The third-order valence-electron chi connectivity index (χ3n) is 2.52. The molecule has 2 fully saturated rings. The lowest BCUT2D eigenvalue weighted by atomic mass is 10.0. The van der Waals surface area contributed by atoms with E-state index in [1.165, 1.54) is 0 Å². The van der Waals surface area contributed by atoms with Crippen LogP contribution in [0.5, 0.6) is 0 Å². The maximum Gasteiger partial charge on any atom is 0.316 e. The second-order valence-electron chi connectivity index (χ2n) is 3.65. The van der Waals surface area contributed by atoms with Crippen molar-refractivity contribution in [2.75, 3.05) is 19.8 Å². The maximum absolute atomic E-state index is 10.8. The van der Waals surface area contributed by atoms with E-state index in [4.69, 9.17) is 4.74 Å². The Labute approximate surface area is 87.1 Å². The number of nitrogens with one attached hydrogen (secondary N) is 2. The van der Waals surface area contributed by atoms with E-state index in [2.05, 4.69) is 15.6 Å². The second-order valence-corrected chi connectivity index (χ2v) is 3.65. The van der Waals surface area contributed by atoms with E-state index in [1.807, 2.05) is 0 Å². The molecule has 0 aliphatic carbocycles. The van der Waals surface area contributed by atoms with Crippen LogP contribution in [0, 0.1) is 5.92 Å². The number of carbonyl (C=O) groups is 2. The molecule has 0 aromatic carbocycles. The van der Waals surface area contributed by atoms with E-state index in [1.54, 1.807) is 0 Å². The highest BCUT2D eigenvalue weighted by Crippen LogP contribution is 2.14. The summed E-state index contributed by atoms with van der Waals surface area (Å²) in [6, 6.07) is 0. The summed E-state index contributed by atoms with van der Waals surface area (Å²) in [4.78, 5) is 25.8. The zero-order chi connectivity index (χ0) is 10.7. The van der Waals surface area contributed by atoms with Gasteiger partial charge in [-0.1, -0.05) is 0 Å². The van der Waals surface area contributed by atoms with Crippen molar-refractivity contribution in [2.24, 2.45) is 10.9 Å². The van der Waals surface area contributed by atoms with Gasteiger partial charge in [0.25, 0.3) is 0 Å². The van der Waals surface area contributed by atoms with Crippen LogP contribution in [0.4, 0.5) is 0 Å². The van der Waals surface area contributed by atoms with Gasteiger partial charge in [-0.25, -0.2) is 0 Å². The molecule has 2 aliphatic rings. The summed E-state index contributed by atoms with van der Waals surface area (Å²) in [7, 11) is 0. The zero-order valence-electron chi connectivity index (χ0n) is 8.28. The number of hydrogen-bond donors (Lipinski definition) is 2. The molecule has 0 radical (unpaired) electrons. The van der Waals surface area contributed by atoms with Crippen molar-refractivity contribution >= 4 is 17.8 Å².